The molecule has 1 aliphatic rings. The van der Waals surface area contributed by atoms with E-state index in [4.69, 9.17) is 9.47 Å². The van der Waals surface area contributed by atoms with Crippen molar-refractivity contribution in [3.8, 4) is 0 Å². The van der Waals surface area contributed by atoms with Gasteiger partial charge in [0.2, 0.25) is 0 Å². The molecule has 1 aliphatic heterocycles. The van der Waals surface area contributed by atoms with E-state index >= 15 is 0 Å². The van der Waals surface area contributed by atoms with Gasteiger partial charge in [-0.2, -0.15) is 0 Å². The normalized spacial score (nSPS) is 23.9. The Bertz CT molecular complexity index is 438. The molecule has 0 saturated carbocycles. The van der Waals surface area contributed by atoms with Crippen molar-refractivity contribution in [3.63, 3.8) is 0 Å². The molecule has 3 atom stereocenters. The van der Waals surface area contributed by atoms with Gasteiger partial charge in [-0.05, 0) is 19.4 Å². The van der Waals surface area contributed by atoms with Gasteiger partial charge >= 0.3 is 5.97 Å². The lowest BCUT2D eigenvalue weighted by molar-refractivity contribution is -0.179. The minimum atomic E-state index is -0.332. The van der Waals surface area contributed by atoms with E-state index in [9.17, 15) is 4.79 Å². The molecule has 0 N–H and O–H groups in total. The van der Waals surface area contributed by atoms with Crippen LogP contribution in [0.15, 0.2) is 42.5 Å². The third-order valence-electron chi connectivity index (χ3n) is 3.23. The van der Waals surface area contributed by atoms with Crippen molar-refractivity contribution in [2.24, 2.45) is 5.92 Å². The van der Waals surface area contributed by atoms with E-state index < -0.39 is 0 Å². The molecule has 2 rings (SSSR count). The highest BCUT2D eigenvalue weighted by Crippen LogP contribution is 2.38. The van der Waals surface area contributed by atoms with Gasteiger partial charge in [-0.3, -0.25) is 0 Å². The monoisotopic (exact) mass is 246 g/mol. The second-order valence-corrected chi connectivity index (χ2v) is 4.72. The van der Waals surface area contributed by atoms with Gasteiger partial charge in [-0.1, -0.05) is 36.9 Å². The predicted molar refractivity (Wildman–Crippen MR) is 69.0 cm³/mol. The molecule has 3 unspecified atom stereocenters. The molecule has 1 heterocycles. The van der Waals surface area contributed by atoms with Crippen LogP contribution in [0, 0.1) is 5.92 Å². The fourth-order valence-corrected chi connectivity index (χ4v) is 2.03. The Morgan fingerprint density at radius 2 is 2.11 bits per heavy atom. The van der Waals surface area contributed by atoms with Crippen molar-refractivity contribution in [1.29, 1.82) is 0 Å². The minimum Gasteiger partial charge on any atom is -0.459 e. The van der Waals surface area contributed by atoms with Crippen LogP contribution in [0.1, 0.15) is 25.5 Å². The highest BCUT2D eigenvalue weighted by Gasteiger charge is 2.39. The number of esters is 1. The molecule has 0 bridgehead atoms. The molecule has 1 aromatic rings. The van der Waals surface area contributed by atoms with Gasteiger partial charge in [0.1, 0.15) is 6.10 Å². The standard InChI is InChI=1S/C15H18O3/c1-10(2)15(16)18-11(3)13-9-17-14(13)12-7-5-4-6-8-12/h4-8,11,13-14H,1,9H2,2-3H3. The van der Waals surface area contributed by atoms with Gasteiger partial charge in [0.05, 0.1) is 12.7 Å². The van der Waals surface area contributed by atoms with Gasteiger partial charge in [0.15, 0.2) is 0 Å². The van der Waals surface area contributed by atoms with E-state index in [1.54, 1.807) is 6.92 Å². The third kappa shape index (κ3) is 2.62. The van der Waals surface area contributed by atoms with Crippen LogP contribution in [-0.4, -0.2) is 18.7 Å². The van der Waals surface area contributed by atoms with Crippen LogP contribution in [0.3, 0.4) is 0 Å². The summed E-state index contributed by atoms with van der Waals surface area (Å²) >= 11 is 0. The summed E-state index contributed by atoms with van der Waals surface area (Å²) in [5.41, 5.74) is 1.56. The molecule has 18 heavy (non-hydrogen) atoms. The third-order valence-corrected chi connectivity index (χ3v) is 3.23. The van der Waals surface area contributed by atoms with Crippen LogP contribution < -0.4 is 0 Å². The maximum Gasteiger partial charge on any atom is 0.333 e. The Morgan fingerprint density at radius 1 is 1.44 bits per heavy atom. The van der Waals surface area contributed by atoms with Crippen LogP contribution in [0.2, 0.25) is 0 Å². The molecule has 1 aromatic carbocycles. The molecule has 0 aromatic heterocycles. The lowest BCUT2D eigenvalue weighted by atomic mass is 9.87. The van der Waals surface area contributed by atoms with E-state index in [0.29, 0.717) is 12.2 Å². The molecule has 3 heteroatoms. The Hall–Kier alpha value is -1.61. The molecule has 1 saturated heterocycles. The van der Waals surface area contributed by atoms with Gasteiger partial charge in [0.25, 0.3) is 0 Å². The van der Waals surface area contributed by atoms with Crippen molar-refractivity contribution in [2.45, 2.75) is 26.1 Å². The number of benzene rings is 1. The number of hydrogen-bond acceptors (Lipinski definition) is 3. The first-order valence-corrected chi connectivity index (χ1v) is 6.12. The topological polar surface area (TPSA) is 35.5 Å². The zero-order valence-corrected chi connectivity index (χ0v) is 10.8. The summed E-state index contributed by atoms with van der Waals surface area (Å²) in [6, 6.07) is 10.0. The molecular formula is C15H18O3. The number of carbonyl (C=O) groups is 1. The fourth-order valence-electron chi connectivity index (χ4n) is 2.03. The summed E-state index contributed by atoms with van der Waals surface area (Å²) in [6.07, 6.45) is -0.132. The number of rotatable bonds is 4. The van der Waals surface area contributed by atoms with E-state index in [1.165, 1.54) is 0 Å². The van der Waals surface area contributed by atoms with Crippen LogP contribution in [0.4, 0.5) is 0 Å². The number of hydrogen-bond donors (Lipinski definition) is 0. The van der Waals surface area contributed by atoms with Crippen molar-refractivity contribution < 1.29 is 14.3 Å². The van der Waals surface area contributed by atoms with E-state index in [2.05, 4.69) is 6.58 Å². The SMILES string of the molecule is C=C(C)C(=O)OC(C)C1COC1c1ccccc1. The minimum absolute atomic E-state index is 0.0270. The molecule has 0 radical (unpaired) electrons. The molecule has 3 nitrogen and oxygen atoms in total. The average molecular weight is 246 g/mol. The van der Waals surface area contributed by atoms with Crippen molar-refractivity contribution in [3.05, 3.63) is 48.0 Å². The fraction of sp³-hybridized carbons (Fsp3) is 0.400. The van der Waals surface area contributed by atoms with Crippen molar-refractivity contribution in [1.82, 2.24) is 0 Å². The lowest BCUT2D eigenvalue weighted by Crippen LogP contribution is -2.41. The second kappa shape index (κ2) is 5.36. The zero-order valence-electron chi connectivity index (χ0n) is 10.8. The van der Waals surface area contributed by atoms with E-state index in [1.807, 2.05) is 37.3 Å². The first kappa shape index (κ1) is 12.8. The van der Waals surface area contributed by atoms with Crippen molar-refractivity contribution in [2.75, 3.05) is 6.61 Å². The largest absolute Gasteiger partial charge is 0.459 e. The maximum atomic E-state index is 11.5. The molecule has 96 valence electrons. The highest BCUT2D eigenvalue weighted by atomic mass is 16.6. The summed E-state index contributed by atoms with van der Waals surface area (Å²) in [5.74, 6) is -0.114. The first-order valence-electron chi connectivity index (χ1n) is 6.12. The molecule has 0 spiro atoms. The van der Waals surface area contributed by atoms with Gasteiger partial charge in [-0.25, -0.2) is 4.79 Å². The molecule has 1 fully saturated rings. The van der Waals surface area contributed by atoms with E-state index in [-0.39, 0.29) is 24.1 Å². The summed E-state index contributed by atoms with van der Waals surface area (Å²) < 4.78 is 10.9. The molecule has 0 aliphatic carbocycles. The zero-order chi connectivity index (χ0) is 13.1. The van der Waals surface area contributed by atoms with E-state index in [0.717, 1.165) is 5.56 Å². The Kier molecular flexibility index (Phi) is 3.82. The summed E-state index contributed by atoms with van der Waals surface area (Å²) in [7, 11) is 0. The predicted octanol–water partition coefficient (Wildman–Crippen LogP) is 2.88. The summed E-state index contributed by atoms with van der Waals surface area (Å²) in [5, 5.41) is 0. The molecule has 0 amide bonds. The second-order valence-electron chi connectivity index (χ2n) is 4.72. The van der Waals surface area contributed by atoms with Crippen LogP contribution in [-0.2, 0) is 14.3 Å². The van der Waals surface area contributed by atoms with Gasteiger partial charge < -0.3 is 9.47 Å². The summed E-state index contributed by atoms with van der Waals surface area (Å²) in [4.78, 5) is 11.5. The summed E-state index contributed by atoms with van der Waals surface area (Å²) in [6.45, 7) is 7.77. The van der Waals surface area contributed by atoms with Crippen LogP contribution >= 0.6 is 0 Å². The lowest BCUT2D eigenvalue weighted by Gasteiger charge is -2.40. The van der Waals surface area contributed by atoms with Gasteiger partial charge in [0, 0.05) is 11.5 Å². The Labute approximate surface area is 107 Å². The first-order chi connectivity index (χ1) is 8.59. The Balaban J connectivity index is 1.98. The number of ether oxygens (including phenoxy) is 2. The van der Waals surface area contributed by atoms with Crippen molar-refractivity contribution >= 4 is 5.97 Å². The smallest absolute Gasteiger partial charge is 0.333 e. The maximum absolute atomic E-state index is 11.5. The van der Waals surface area contributed by atoms with Crippen LogP contribution in [0.5, 0.6) is 0 Å². The Morgan fingerprint density at radius 3 is 2.61 bits per heavy atom. The van der Waals surface area contributed by atoms with Gasteiger partial charge in [-0.15, -0.1) is 0 Å². The average Bonchev–Trinajstić information content (AvgIpc) is 2.28. The quantitative estimate of drug-likeness (QED) is 0.605. The highest BCUT2D eigenvalue weighted by molar-refractivity contribution is 5.87. The number of carbonyl (C=O) groups excluding carboxylic acids is 1. The van der Waals surface area contributed by atoms with Crippen LogP contribution in [0.25, 0.3) is 0 Å². The molecular weight excluding hydrogens is 228 g/mol.